The van der Waals surface area contributed by atoms with Crippen molar-refractivity contribution in [2.75, 3.05) is 6.61 Å². The predicted molar refractivity (Wildman–Crippen MR) is 58.6 cm³/mol. The highest BCUT2D eigenvalue weighted by Crippen LogP contribution is 2.07. The number of aliphatic hydroxyl groups is 3. The van der Waals surface area contributed by atoms with Crippen LogP contribution in [0.4, 0.5) is 0 Å². The first kappa shape index (κ1) is 15.3. The van der Waals surface area contributed by atoms with E-state index in [4.69, 9.17) is 15.3 Å². The number of hydrogen-bond acceptors (Lipinski definition) is 5. The van der Waals surface area contributed by atoms with Gasteiger partial charge in [0.15, 0.2) is 0 Å². The molecule has 0 aromatic rings. The largest absolute Gasteiger partial charge is 0.433 e. The molecule has 2 unspecified atom stereocenters. The van der Waals surface area contributed by atoms with Gasteiger partial charge in [0, 0.05) is 6.42 Å². The molecule has 0 aliphatic heterocycles. The molecule has 2 atom stereocenters. The second-order valence-electron chi connectivity index (χ2n) is 3.79. The van der Waals surface area contributed by atoms with Crippen molar-refractivity contribution in [2.45, 2.75) is 57.8 Å². The molecular formula is C11H22O5. The van der Waals surface area contributed by atoms with Crippen LogP contribution in [0, 0.1) is 0 Å². The van der Waals surface area contributed by atoms with Crippen LogP contribution >= 0.6 is 0 Å². The van der Waals surface area contributed by atoms with Gasteiger partial charge in [0.05, 0.1) is 6.61 Å². The van der Waals surface area contributed by atoms with E-state index in [1.54, 1.807) is 0 Å². The number of ether oxygens (including phenoxy) is 1. The summed E-state index contributed by atoms with van der Waals surface area (Å²) < 4.78 is 4.52. The zero-order valence-electron chi connectivity index (χ0n) is 9.76. The van der Waals surface area contributed by atoms with Crippen molar-refractivity contribution in [3.63, 3.8) is 0 Å². The maximum absolute atomic E-state index is 11.1. The molecule has 3 N–H and O–H groups in total. The summed E-state index contributed by atoms with van der Waals surface area (Å²) in [5.41, 5.74) is 0. The van der Waals surface area contributed by atoms with Gasteiger partial charge in [0.25, 0.3) is 0 Å². The predicted octanol–water partition coefficient (Wildman–Crippen LogP) is 0.562. The minimum atomic E-state index is -1.63. The molecule has 0 spiro atoms. The molecule has 0 saturated carbocycles. The van der Waals surface area contributed by atoms with Gasteiger partial charge >= 0.3 is 5.97 Å². The average molecular weight is 234 g/mol. The molecule has 0 rings (SSSR count). The summed E-state index contributed by atoms with van der Waals surface area (Å²) in [6, 6.07) is 0. The molecule has 0 aromatic carbocycles. The second kappa shape index (κ2) is 9.57. The Morgan fingerprint density at radius 3 is 2.38 bits per heavy atom. The third kappa shape index (κ3) is 7.62. The quantitative estimate of drug-likeness (QED) is 0.308. The van der Waals surface area contributed by atoms with Crippen LogP contribution in [0.25, 0.3) is 0 Å². The molecule has 96 valence electrons. The summed E-state index contributed by atoms with van der Waals surface area (Å²) in [6.45, 7) is 1.48. The molecule has 0 aromatic heterocycles. The lowest BCUT2D eigenvalue weighted by atomic mass is 10.1. The van der Waals surface area contributed by atoms with Crippen LogP contribution < -0.4 is 0 Å². The Hall–Kier alpha value is -0.650. The van der Waals surface area contributed by atoms with Gasteiger partial charge in [-0.3, -0.25) is 4.79 Å². The Labute approximate surface area is 96.0 Å². The summed E-state index contributed by atoms with van der Waals surface area (Å²) >= 11 is 0. The third-order valence-electron chi connectivity index (χ3n) is 2.25. The van der Waals surface area contributed by atoms with Crippen LogP contribution in [0.3, 0.4) is 0 Å². The van der Waals surface area contributed by atoms with Crippen LogP contribution in [0.5, 0.6) is 0 Å². The van der Waals surface area contributed by atoms with Crippen molar-refractivity contribution >= 4 is 5.97 Å². The Bertz CT molecular complexity index is 183. The minimum absolute atomic E-state index is 0.235. The van der Waals surface area contributed by atoms with E-state index >= 15 is 0 Å². The molecule has 16 heavy (non-hydrogen) atoms. The van der Waals surface area contributed by atoms with Crippen molar-refractivity contribution in [1.29, 1.82) is 0 Å². The average Bonchev–Trinajstić information content (AvgIpc) is 2.27. The van der Waals surface area contributed by atoms with Gasteiger partial charge in [-0.05, 0) is 6.42 Å². The minimum Gasteiger partial charge on any atom is -0.433 e. The van der Waals surface area contributed by atoms with Crippen LogP contribution in [-0.2, 0) is 9.53 Å². The van der Waals surface area contributed by atoms with Gasteiger partial charge in [-0.2, -0.15) is 0 Å². The van der Waals surface area contributed by atoms with Crippen LogP contribution in [0.1, 0.15) is 45.4 Å². The van der Waals surface area contributed by atoms with Crippen LogP contribution in [-0.4, -0.2) is 40.3 Å². The maximum atomic E-state index is 11.1. The van der Waals surface area contributed by atoms with E-state index < -0.39 is 25.0 Å². The molecule has 5 nitrogen and oxygen atoms in total. The summed E-state index contributed by atoms with van der Waals surface area (Å²) in [6.07, 6.45) is 2.25. The van der Waals surface area contributed by atoms with Gasteiger partial charge in [-0.15, -0.1) is 0 Å². The van der Waals surface area contributed by atoms with Gasteiger partial charge in [0.2, 0.25) is 6.29 Å². The molecule has 5 heteroatoms. The Morgan fingerprint density at radius 1 is 1.19 bits per heavy atom. The molecule has 0 radical (unpaired) electrons. The summed E-state index contributed by atoms with van der Waals surface area (Å²) in [5.74, 6) is -0.545. The molecule has 0 saturated heterocycles. The van der Waals surface area contributed by atoms with Crippen LogP contribution in [0.15, 0.2) is 0 Å². The number of rotatable bonds is 9. The van der Waals surface area contributed by atoms with Crippen molar-refractivity contribution in [1.82, 2.24) is 0 Å². The molecular weight excluding hydrogens is 212 g/mol. The van der Waals surface area contributed by atoms with Crippen molar-refractivity contribution in [3.8, 4) is 0 Å². The first-order valence-electron chi connectivity index (χ1n) is 5.78. The molecule has 0 heterocycles. The summed E-state index contributed by atoms with van der Waals surface area (Å²) in [5, 5.41) is 26.5. The first-order chi connectivity index (χ1) is 7.61. The molecule has 0 fully saturated rings. The van der Waals surface area contributed by atoms with E-state index in [0.29, 0.717) is 0 Å². The smallest absolute Gasteiger partial charge is 0.308 e. The zero-order valence-corrected chi connectivity index (χ0v) is 9.76. The number of hydrogen-bond donors (Lipinski definition) is 3. The van der Waals surface area contributed by atoms with E-state index in [0.717, 1.165) is 32.1 Å². The lowest BCUT2D eigenvalue weighted by molar-refractivity contribution is -0.190. The summed E-state index contributed by atoms with van der Waals surface area (Å²) in [4.78, 5) is 11.1. The summed E-state index contributed by atoms with van der Waals surface area (Å²) in [7, 11) is 0. The SMILES string of the molecule is CCCCCCCC(=O)OC(O)C(O)CO. The Balaban J connectivity index is 3.51. The molecule has 0 amide bonds. The number of carbonyl (C=O) groups is 1. The standard InChI is InChI=1S/C11H22O5/c1-2-3-4-5-6-7-10(14)16-11(15)9(13)8-12/h9,11-13,15H,2-8H2,1H3. The normalized spacial score (nSPS) is 14.5. The topological polar surface area (TPSA) is 87.0 Å². The number of aliphatic hydroxyl groups excluding tert-OH is 3. The number of unbranched alkanes of at least 4 members (excludes halogenated alkanes) is 4. The van der Waals surface area contributed by atoms with E-state index in [-0.39, 0.29) is 6.42 Å². The lowest BCUT2D eigenvalue weighted by Gasteiger charge is -2.15. The van der Waals surface area contributed by atoms with E-state index in [9.17, 15) is 4.79 Å². The Morgan fingerprint density at radius 2 is 1.81 bits per heavy atom. The number of esters is 1. The monoisotopic (exact) mass is 234 g/mol. The zero-order chi connectivity index (χ0) is 12.4. The highest BCUT2D eigenvalue weighted by Gasteiger charge is 2.19. The third-order valence-corrected chi connectivity index (χ3v) is 2.25. The van der Waals surface area contributed by atoms with Crippen molar-refractivity contribution < 1.29 is 24.9 Å². The fourth-order valence-electron chi connectivity index (χ4n) is 1.24. The molecule has 0 aliphatic rings. The highest BCUT2D eigenvalue weighted by atomic mass is 16.6. The molecule has 0 bridgehead atoms. The van der Waals surface area contributed by atoms with E-state index in [2.05, 4.69) is 11.7 Å². The van der Waals surface area contributed by atoms with Gasteiger partial charge in [-0.1, -0.05) is 32.6 Å². The fraction of sp³-hybridized carbons (Fsp3) is 0.909. The van der Waals surface area contributed by atoms with Crippen molar-refractivity contribution in [3.05, 3.63) is 0 Å². The first-order valence-corrected chi connectivity index (χ1v) is 5.78. The highest BCUT2D eigenvalue weighted by molar-refractivity contribution is 5.69. The fourth-order valence-corrected chi connectivity index (χ4v) is 1.24. The molecule has 0 aliphatic carbocycles. The number of carbonyl (C=O) groups excluding carboxylic acids is 1. The second-order valence-corrected chi connectivity index (χ2v) is 3.79. The Kier molecular flexibility index (Phi) is 9.18. The van der Waals surface area contributed by atoms with Gasteiger partial charge < -0.3 is 20.1 Å². The van der Waals surface area contributed by atoms with Gasteiger partial charge in [-0.25, -0.2) is 0 Å². The van der Waals surface area contributed by atoms with Gasteiger partial charge in [0.1, 0.15) is 6.10 Å². The van der Waals surface area contributed by atoms with Crippen molar-refractivity contribution in [2.24, 2.45) is 0 Å². The van der Waals surface area contributed by atoms with E-state index in [1.807, 2.05) is 0 Å². The maximum Gasteiger partial charge on any atom is 0.308 e. The van der Waals surface area contributed by atoms with E-state index in [1.165, 1.54) is 0 Å². The van der Waals surface area contributed by atoms with Crippen LogP contribution in [0.2, 0.25) is 0 Å². The lowest BCUT2D eigenvalue weighted by Crippen LogP contribution is -2.33.